The van der Waals surface area contributed by atoms with Crippen molar-refractivity contribution in [3.63, 3.8) is 0 Å². The first-order valence-corrected chi connectivity index (χ1v) is 11.7. The molecule has 1 aliphatic heterocycles. The number of aromatic nitrogens is 3. The number of nitrogens with one attached hydrogen (secondary N) is 4. The van der Waals surface area contributed by atoms with Crippen molar-refractivity contribution in [3.05, 3.63) is 59.4 Å². The molecule has 0 bridgehead atoms. The van der Waals surface area contributed by atoms with E-state index in [-0.39, 0.29) is 18.1 Å². The Morgan fingerprint density at radius 2 is 1.94 bits per heavy atom. The second-order valence-corrected chi connectivity index (χ2v) is 8.91. The third kappa shape index (κ3) is 5.43. The molecule has 1 fully saturated rings. The van der Waals surface area contributed by atoms with E-state index in [1.165, 1.54) is 11.1 Å². The summed E-state index contributed by atoms with van der Waals surface area (Å²) in [4.78, 5) is 26.2. The summed E-state index contributed by atoms with van der Waals surface area (Å²) in [5.74, 6) is 1.14. The van der Waals surface area contributed by atoms with Crippen LogP contribution in [0.25, 0.3) is 0 Å². The van der Waals surface area contributed by atoms with Gasteiger partial charge in [-0.3, -0.25) is 4.79 Å². The van der Waals surface area contributed by atoms with Gasteiger partial charge in [0.2, 0.25) is 11.8 Å². The molecule has 2 aromatic heterocycles. The fourth-order valence-corrected chi connectivity index (χ4v) is 3.81. The van der Waals surface area contributed by atoms with Crippen molar-refractivity contribution < 1.29 is 9.53 Å². The Labute approximate surface area is 198 Å². The van der Waals surface area contributed by atoms with Gasteiger partial charge in [-0.25, -0.2) is 9.97 Å². The van der Waals surface area contributed by atoms with Crippen molar-refractivity contribution >= 4 is 29.0 Å². The zero-order valence-corrected chi connectivity index (χ0v) is 19.4. The number of rotatable bonds is 8. The van der Waals surface area contributed by atoms with E-state index in [4.69, 9.17) is 4.74 Å². The molecule has 176 valence electrons. The maximum atomic E-state index is 12.9. The van der Waals surface area contributed by atoms with Gasteiger partial charge in [0.15, 0.2) is 0 Å². The lowest BCUT2D eigenvalue weighted by molar-refractivity contribution is 0.0951. The zero-order valence-electron chi connectivity index (χ0n) is 19.4. The minimum atomic E-state index is -0.189. The molecule has 9 nitrogen and oxygen atoms in total. The summed E-state index contributed by atoms with van der Waals surface area (Å²) in [7, 11) is 0. The van der Waals surface area contributed by atoms with Crippen LogP contribution in [0, 0.1) is 0 Å². The molecule has 0 unspecified atom stereocenters. The van der Waals surface area contributed by atoms with Gasteiger partial charge in [0, 0.05) is 42.4 Å². The zero-order chi connectivity index (χ0) is 23.5. The first kappa shape index (κ1) is 22.1. The van der Waals surface area contributed by atoms with Crippen LogP contribution in [-0.4, -0.2) is 39.5 Å². The lowest BCUT2D eigenvalue weighted by Gasteiger charge is -2.18. The summed E-state index contributed by atoms with van der Waals surface area (Å²) >= 11 is 0. The second-order valence-electron chi connectivity index (χ2n) is 8.91. The number of pyridine rings is 1. The van der Waals surface area contributed by atoms with Crippen molar-refractivity contribution in [3.8, 4) is 5.88 Å². The van der Waals surface area contributed by atoms with Gasteiger partial charge in [-0.15, -0.1) is 0 Å². The van der Waals surface area contributed by atoms with Gasteiger partial charge < -0.3 is 26.0 Å². The highest BCUT2D eigenvalue weighted by Crippen LogP contribution is 2.26. The number of hydrogen-bond acceptors (Lipinski definition) is 8. The molecule has 1 aromatic carbocycles. The molecule has 0 saturated heterocycles. The maximum absolute atomic E-state index is 12.9. The number of nitrogens with zero attached hydrogens (tertiary/aromatic N) is 3. The van der Waals surface area contributed by atoms with Crippen molar-refractivity contribution in [2.75, 3.05) is 17.2 Å². The van der Waals surface area contributed by atoms with Crippen molar-refractivity contribution in [2.24, 2.45) is 0 Å². The predicted molar refractivity (Wildman–Crippen MR) is 131 cm³/mol. The van der Waals surface area contributed by atoms with Crippen LogP contribution in [-0.2, 0) is 13.0 Å². The normalized spacial score (nSPS) is 14.9. The molecule has 0 radical (unpaired) electrons. The Hall–Kier alpha value is -3.72. The van der Waals surface area contributed by atoms with Gasteiger partial charge in [-0.2, -0.15) is 4.98 Å². The van der Waals surface area contributed by atoms with E-state index in [9.17, 15) is 4.79 Å². The number of ether oxygens (including phenoxy) is 1. The Morgan fingerprint density at radius 1 is 1.09 bits per heavy atom. The monoisotopic (exact) mass is 459 g/mol. The number of amides is 1. The minimum absolute atomic E-state index is 0.00452. The summed E-state index contributed by atoms with van der Waals surface area (Å²) in [5, 5.41) is 12.9. The molecular weight excluding hydrogens is 430 g/mol. The van der Waals surface area contributed by atoms with Crippen molar-refractivity contribution in [1.82, 2.24) is 25.6 Å². The molecular formula is C25H29N7O2. The Balaban J connectivity index is 1.41. The standard InChI is InChI=1S/C25H29N7O2/c1-15(2)34-22-12-20(8-10-27-22)29-23-21(24(33)30-18-5-6-18)14-28-25(32-23)31-19-4-3-17-13-26-9-7-16(17)11-19/h3-4,8,10-12,14-15,18,26H,5-7,9,13H2,1-2H3,(H,30,33)(H2,27,28,29,31,32). The van der Waals surface area contributed by atoms with Crippen LogP contribution < -0.4 is 26.0 Å². The molecule has 2 aliphatic rings. The molecule has 0 atom stereocenters. The maximum Gasteiger partial charge on any atom is 0.256 e. The van der Waals surface area contributed by atoms with Gasteiger partial charge in [0.1, 0.15) is 11.4 Å². The fourth-order valence-electron chi connectivity index (χ4n) is 3.81. The molecule has 34 heavy (non-hydrogen) atoms. The largest absolute Gasteiger partial charge is 0.475 e. The number of fused-ring (bicyclic) bond motifs is 1. The summed E-state index contributed by atoms with van der Waals surface area (Å²) in [6, 6.07) is 10.1. The summed E-state index contributed by atoms with van der Waals surface area (Å²) < 4.78 is 5.70. The molecule has 0 spiro atoms. The molecule has 9 heteroatoms. The van der Waals surface area contributed by atoms with Crippen molar-refractivity contribution in [1.29, 1.82) is 0 Å². The number of benzene rings is 1. The Kier molecular flexibility index (Phi) is 6.27. The summed E-state index contributed by atoms with van der Waals surface area (Å²) in [6.45, 7) is 5.75. The minimum Gasteiger partial charge on any atom is -0.475 e. The first-order valence-electron chi connectivity index (χ1n) is 11.7. The highest BCUT2D eigenvalue weighted by Gasteiger charge is 2.26. The van der Waals surface area contributed by atoms with Crippen LogP contribution in [0.4, 0.5) is 23.1 Å². The van der Waals surface area contributed by atoms with E-state index in [0.29, 0.717) is 23.2 Å². The average Bonchev–Trinajstić information content (AvgIpc) is 3.63. The number of hydrogen-bond donors (Lipinski definition) is 4. The van der Waals surface area contributed by atoms with Gasteiger partial charge in [-0.05, 0) is 69.0 Å². The topological polar surface area (TPSA) is 113 Å². The van der Waals surface area contributed by atoms with E-state index in [1.54, 1.807) is 18.5 Å². The Bertz CT molecular complexity index is 1190. The highest BCUT2D eigenvalue weighted by atomic mass is 16.5. The predicted octanol–water partition coefficient (Wildman–Crippen LogP) is 3.68. The summed E-state index contributed by atoms with van der Waals surface area (Å²) in [5.41, 5.74) is 4.65. The average molecular weight is 460 g/mol. The molecule has 3 heterocycles. The third-order valence-corrected chi connectivity index (χ3v) is 5.65. The van der Waals surface area contributed by atoms with Gasteiger partial charge in [0.25, 0.3) is 5.91 Å². The molecule has 1 amide bonds. The van der Waals surface area contributed by atoms with Crippen LogP contribution in [0.5, 0.6) is 5.88 Å². The van der Waals surface area contributed by atoms with E-state index in [0.717, 1.165) is 43.7 Å². The van der Waals surface area contributed by atoms with Crippen LogP contribution in [0.1, 0.15) is 48.2 Å². The van der Waals surface area contributed by atoms with Crippen LogP contribution >= 0.6 is 0 Å². The van der Waals surface area contributed by atoms with Crippen LogP contribution in [0.2, 0.25) is 0 Å². The lowest BCUT2D eigenvalue weighted by Crippen LogP contribution is -2.26. The summed E-state index contributed by atoms with van der Waals surface area (Å²) in [6.07, 6.45) is 6.22. The van der Waals surface area contributed by atoms with Crippen LogP contribution in [0.15, 0.2) is 42.7 Å². The molecule has 1 aliphatic carbocycles. The van der Waals surface area contributed by atoms with E-state index >= 15 is 0 Å². The highest BCUT2D eigenvalue weighted by molar-refractivity contribution is 5.99. The number of carbonyl (C=O) groups excluding carboxylic acids is 1. The van der Waals surface area contributed by atoms with E-state index < -0.39 is 0 Å². The second kappa shape index (κ2) is 9.64. The SMILES string of the molecule is CC(C)Oc1cc(Nc2nc(Nc3ccc4c(c3)CCNC4)ncc2C(=O)NC2CC2)ccn1. The first-order chi connectivity index (χ1) is 16.5. The number of carbonyl (C=O) groups is 1. The quantitative estimate of drug-likeness (QED) is 0.404. The van der Waals surface area contributed by atoms with Crippen LogP contribution in [0.3, 0.4) is 0 Å². The Morgan fingerprint density at radius 3 is 2.76 bits per heavy atom. The van der Waals surface area contributed by atoms with Gasteiger partial charge in [0.05, 0.1) is 6.10 Å². The fraction of sp³-hybridized carbons (Fsp3) is 0.360. The van der Waals surface area contributed by atoms with Crippen molar-refractivity contribution in [2.45, 2.75) is 51.8 Å². The van der Waals surface area contributed by atoms with Gasteiger partial charge in [-0.1, -0.05) is 6.07 Å². The molecule has 3 aromatic rings. The molecule has 1 saturated carbocycles. The van der Waals surface area contributed by atoms with E-state index in [2.05, 4.69) is 48.4 Å². The smallest absolute Gasteiger partial charge is 0.256 e. The van der Waals surface area contributed by atoms with Gasteiger partial charge >= 0.3 is 0 Å². The number of anilines is 4. The lowest BCUT2D eigenvalue weighted by atomic mass is 10.0. The molecule has 4 N–H and O–H groups in total. The third-order valence-electron chi connectivity index (χ3n) is 5.65. The molecule has 5 rings (SSSR count). The van der Waals surface area contributed by atoms with E-state index in [1.807, 2.05) is 26.0 Å².